The fourth-order valence-electron chi connectivity index (χ4n) is 4.46. The molecule has 25 heavy (non-hydrogen) atoms. The molecule has 0 nitrogen and oxygen atoms in total. The van der Waals surface area contributed by atoms with Crippen LogP contribution in [0, 0.1) is 5.66 Å². The van der Waals surface area contributed by atoms with Crippen LogP contribution in [0.25, 0.3) is 11.1 Å². The van der Waals surface area contributed by atoms with E-state index >= 15 is 0 Å². The van der Waals surface area contributed by atoms with E-state index in [1.165, 1.54) is 75.3 Å². The van der Waals surface area contributed by atoms with Crippen molar-refractivity contribution in [3.05, 3.63) is 60.3 Å². The highest BCUT2D eigenvalue weighted by Gasteiger charge is 2.26. The molecule has 0 aliphatic heterocycles. The molecule has 130 valence electrons. The van der Waals surface area contributed by atoms with Gasteiger partial charge in [-0.15, -0.1) is 12.8 Å². The van der Waals surface area contributed by atoms with Crippen LogP contribution in [0.3, 0.4) is 0 Å². The normalized spacial score (nSPS) is 19.7. The Hall–Kier alpha value is -1.39. The molecule has 1 unspecified atom stereocenters. The van der Waals surface area contributed by atoms with Crippen LogP contribution in [-0.2, 0) is 0 Å². The predicted octanol–water partition coefficient (Wildman–Crippen LogP) is 7.09. The molecule has 2 aromatic carbocycles. The van der Waals surface area contributed by atoms with E-state index < -0.39 is 0 Å². The number of hydrogen-bond donors (Lipinski definition) is 0. The molecule has 4 rings (SSSR count). The van der Waals surface area contributed by atoms with E-state index in [0.29, 0.717) is 0 Å². The molecule has 0 heterocycles. The minimum Gasteiger partial charge on any atom is -0.136 e. The summed E-state index contributed by atoms with van der Waals surface area (Å²) in [6.45, 7) is 0. The molecule has 2 aliphatic carbocycles. The molecule has 0 bridgehead atoms. The molecule has 0 saturated heterocycles. The van der Waals surface area contributed by atoms with Gasteiger partial charge in [0.05, 0.1) is 5.29 Å². The van der Waals surface area contributed by atoms with Gasteiger partial charge in [-0.1, -0.05) is 79.9 Å². The van der Waals surface area contributed by atoms with Crippen molar-refractivity contribution in [1.29, 1.82) is 0 Å². The van der Waals surface area contributed by atoms with Crippen molar-refractivity contribution >= 4 is 18.1 Å². The second-order valence-corrected chi connectivity index (χ2v) is 9.89. The van der Waals surface area contributed by atoms with Gasteiger partial charge in [0, 0.05) is 18.4 Å². The third-order valence-electron chi connectivity index (χ3n) is 5.72. The Labute approximate surface area is 154 Å². The maximum absolute atomic E-state index is 2.44. The summed E-state index contributed by atoms with van der Waals surface area (Å²) < 4.78 is 0. The van der Waals surface area contributed by atoms with Crippen molar-refractivity contribution in [3.63, 3.8) is 0 Å². The Morgan fingerprint density at radius 1 is 0.640 bits per heavy atom. The zero-order valence-electron chi connectivity index (χ0n) is 15.2. The molecule has 1 atom stereocenters. The summed E-state index contributed by atoms with van der Waals surface area (Å²) in [7, 11) is -0.203. The highest BCUT2D eigenvalue weighted by molar-refractivity contribution is 7.69. The Morgan fingerprint density at radius 2 is 1.28 bits per heavy atom. The van der Waals surface area contributed by atoms with Crippen LogP contribution in [-0.4, -0.2) is 5.29 Å². The largest absolute Gasteiger partial charge is 0.136 e. The molecule has 2 saturated carbocycles. The molecule has 2 aromatic rings. The lowest BCUT2D eigenvalue weighted by Gasteiger charge is -2.31. The molecule has 0 aromatic heterocycles. The summed E-state index contributed by atoms with van der Waals surface area (Å²) in [5.74, 6) is 0. The zero-order valence-corrected chi connectivity index (χ0v) is 16.1. The van der Waals surface area contributed by atoms with Gasteiger partial charge in [0.25, 0.3) is 0 Å². The van der Waals surface area contributed by atoms with Crippen molar-refractivity contribution in [2.75, 3.05) is 0 Å². The third kappa shape index (κ3) is 3.90. The Bertz CT molecular complexity index is 715. The van der Waals surface area contributed by atoms with Crippen molar-refractivity contribution < 1.29 is 0 Å². The third-order valence-corrected chi connectivity index (χ3v) is 8.75. The lowest BCUT2D eigenvalue weighted by atomic mass is 10.00. The van der Waals surface area contributed by atoms with Crippen LogP contribution in [0.5, 0.6) is 0 Å². The van der Waals surface area contributed by atoms with Crippen LogP contribution < -0.4 is 5.30 Å². The first-order valence-corrected chi connectivity index (χ1v) is 11.4. The molecule has 2 fully saturated rings. The Kier molecular flexibility index (Phi) is 5.68. The van der Waals surface area contributed by atoms with Crippen LogP contribution >= 0.6 is 7.55 Å². The summed E-state index contributed by atoms with van der Waals surface area (Å²) in [5, 5.41) is 3.53. The molecule has 0 amide bonds. The van der Waals surface area contributed by atoms with Gasteiger partial charge in [-0.2, -0.15) is 0 Å². The fraction of sp³-hybridized carbons (Fsp3) is 0.417. The van der Waals surface area contributed by atoms with Crippen molar-refractivity contribution in [3.8, 4) is 11.1 Å². The predicted molar refractivity (Wildman–Crippen MR) is 113 cm³/mol. The molecule has 1 heteroatoms. The Balaban J connectivity index is 1.83. The van der Waals surface area contributed by atoms with Gasteiger partial charge in [-0.3, -0.25) is 0 Å². The number of rotatable bonds is 3. The van der Waals surface area contributed by atoms with Gasteiger partial charge < -0.3 is 0 Å². The van der Waals surface area contributed by atoms with Gasteiger partial charge in [0.1, 0.15) is 5.30 Å². The average Bonchev–Trinajstić information content (AvgIpc) is 2.71. The van der Waals surface area contributed by atoms with Gasteiger partial charge in [-0.25, -0.2) is 0 Å². The van der Waals surface area contributed by atoms with Gasteiger partial charge in [-0.05, 0) is 32.0 Å². The van der Waals surface area contributed by atoms with E-state index in [2.05, 4.69) is 54.6 Å². The first-order chi connectivity index (χ1) is 12.4. The maximum Gasteiger partial charge on any atom is 0.125 e. The highest BCUT2D eigenvalue weighted by atomic mass is 31.1. The molecular formula is C24H29P. The molecule has 2 aliphatic rings. The van der Waals surface area contributed by atoms with Crippen molar-refractivity contribution in [2.45, 2.75) is 64.2 Å². The Morgan fingerprint density at radius 3 is 2.04 bits per heavy atom. The summed E-state index contributed by atoms with van der Waals surface area (Å²) in [5.41, 5.74) is 4.75. The minimum absolute atomic E-state index is 0.203. The summed E-state index contributed by atoms with van der Waals surface area (Å²) >= 11 is 0. The summed E-state index contributed by atoms with van der Waals surface area (Å²) in [6, 6.07) is 20.3. The first kappa shape index (κ1) is 17.0. The van der Waals surface area contributed by atoms with Gasteiger partial charge in [0.2, 0.25) is 0 Å². The SMILES string of the molecule is c1ccc(-c2ccccc2[P+](=C2CCCCC2)[C-]2CCCCC2)cc1. The second kappa shape index (κ2) is 8.33. The lowest BCUT2D eigenvalue weighted by molar-refractivity contribution is 0.577. The molecule has 0 N–H and O–H groups in total. The van der Waals surface area contributed by atoms with E-state index in [1.807, 2.05) is 11.0 Å². The maximum atomic E-state index is 2.44. The van der Waals surface area contributed by atoms with Gasteiger partial charge >= 0.3 is 0 Å². The summed E-state index contributed by atoms with van der Waals surface area (Å²) in [6.07, 6.45) is 14.0. The highest BCUT2D eigenvalue weighted by Crippen LogP contribution is 2.50. The second-order valence-electron chi connectivity index (χ2n) is 7.47. The van der Waals surface area contributed by atoms with Crippen LogP contribution in [0.4, 0.5) is 0 Å². The van der Waals surface area contributed by atoms with E-state index in [4.69, 9.17) is 0 Å². The van der Waals surface area contributed by atoms with E-state index in [1.54, 1.807) is 5.30 Å². The lowest BCUT2D eigenvalue weighted by Crippen LogP contribution is -2.16. The topological polar surface area (TPSA) is 0 Å². The summed E-state index contributed by atoms with van der Waals surface area (Å²) in [4.78, 5) is 0. The van der Waals surface area contributed by atoms with Crippen LogP contribution in [0.15, 0.2) is 54.6 Å². The van der Waals surface area contributed by atoms with Crippen LogP contribution in [0.1, 0.15) is 64.2 Å². The molecular weight excluding hydrogens is 319 g/mol. The van der Waals surface area contributed by atoms with E-state index in [-0.39, 0.29) is 7.55 Å². The quantitative estimate of drug-likeness (QED) is 0.410. The van der Waals surface area contributed by atoms with E-state index in [9.17, 15) is 0 Å². The van der Waals surface area contributed by atoms with Crippen LogP contribution in [0.2, 0.25) is 0 Å². The monoisotopic (exact) mass is 348 g/mol. The molecule has 0 spiro atoms. The number of benzene rings is 2. The molecule has 0 radical (unpaired) electrons. The standard InChI is InChI=1S/C24H29P/c1-4-12-20(13-5-1)23-18-10-11-19-24(23)25(21-14-6-2-7-15-21)22-16-8-3-9-17-22/h1,4-5,10-13,18-19H,2-3,6-9,14-17H2. The van der Waals surface area contributed by atoms with Crippen molar-refractivity contribution in [2.24, 2.45) is 0 Å². The van der Waals surface area contributed by atoms with Crippen molar-refractivity contribution in [1.82, 2.24) is 0 Å². The average molecular weight is 348 g/mol. The smallest absolute Gasteiger partial charge is 0.125 e. The zero-order chi connectivity index (χ0) is 16.9. The minimum atomic E-state index is -0.203. The fourth-order valence-corrected chi connectivity index (χ4v) is 7.80. The van der Waals surface area contributed by atoms with Gasteiger partial charge in [0.15, 0.2) is 0 Å². The van der Waals surface area contributed by atoms with E-state index in [0.717, 1.165) is 0 Å². The first-order valence-electron chi connectivity index (χ1n) is 10.1. The number of hydrogen-bond acceptors (Lipinski definition) is 0.